The van der Waals surface area contributed by atoms with E-state index in [9.17, 15) is 9.59 Å². The summed E-state index contributed by atoms with van der Waals surface area (Å²) in [5.74, 6) is 1.20. The van der Waals surface area contributed by atoms with Gasteiger partial charge in [0.15, 0.2) is 5.96 Å². The number of aromatic nitrogens is 2. The molecular formula is C24H29IN6O2. The molecule has 2 aromatic carbocycles. The zero-order valence-corrected chi connectivity index (χ0v) is 21.2. The zero-order chi connectivity index (χ0) is 22.5. The Morgan fingerprint density at radius 1 is 0.970 bits per heavy atom. The van der Waals surface area contributed by atoms with Crippen LogP contribution in [0.4, 0.5) is 0 Å². The maximum Gasteiger partial charge on any atom is 0.261 e. The van der Waals surface area contributed by atoms with Gasteiger partial charge in [-0.2, -0.15) is 0 Å². The molecule has 0 saturated heterocycles. The van der Waals surface area contributed by atoms with Crippen LogP contribution >= 0.6 is 24.0 Å². The van der Waals surface area contributed by atoms with Crippen LogP contribution in [-0.2, 0) is 6.54 Å². The summed E-state index contributed by atoms with van der Waals surface area (Å²) in [6.45, 7) is 6.96. The molecule has 3 aromatic rings. The Kier molecular flexibility index (Phi) is 8.43. The molecule has 0 atom stereocenters. The number of hydrogen-bond donors (Lipinski definition) is 2. The van der Waals surface area contributed by atoms with Crippen molar-refractivity contribution >= 4 is 52.8 Å². The molecule has 0 spiro atoms. The Bertz CT molecular complexity index is 1140. The van der Waals surface area contributed by atoms with Gasteiger partial charge in [0.25, 0.3) is 11.8 Å². The lowest BCUT2D eigenvalue weighted by atomic mass is 10.1. The molecule has 1 aliphatic rings. The van der Waals surface area contributed by atoms with Gasteiger partial charge in [-0.1, -0.05) is 24.3 Å². The lowest BCUT2D eigenvalue weighted by Crippen LogP contribution is -2.43. The SMILES string of the molecule is CCNC(=NCCCn1c(C)nc2ccccc21)NCCN1C(=O)c2ccccc2C1=O.I. The van der Waals surface area contributed by atoms with E-state index in [-0.39, 0.29) is 42.3 Å². The number of nitrogens with zero attached hydrogens (tertiary/aromatic N) is 4. The number of aryl methyl sites for hydroxylation is 2. The number of imidazole rings is 1. The molecule has 33 heavy (non-hydrogen) atoms. The summed E-state index contributed by atoms with van der Waals surface area (Å²) in [5.41, 5.74) is 3.09. The summed E-state index contributed by atoms with van der Waals surface area (Å²) >= 11 is 0. The molecule has 0 aliphatic carbocycles. The maximum absolute atomic E-state index is 12.5. The molecule has 0 bridgehead atoms. The molecule has 0 unspecified atom stereocenters. The van der Waals surface area contributed by atoms with E-state index in [1.165, 1.54) is 4.90 Å². The number of carbonyl (C=O) groups is 2. The van der Waals surface area contributed by atoms with Gasteiger partial charge in [-0.25, -0.2) is 4.98 Å². The van der Waals surface area contributed by atoms with Gasteiger partial charge in [0.1, 0.15) is 5.82 Å². The van der Waals surface area contributed by atoms with Crippen LogP contribution in [0.15, 0.2) is 53.5 Å². The van der Waals surface area contributed by atoms with Crippen LogP contribution in [-0.4, -0.2) is 58.4 Å². The van der Waals surface area contributed by atoms with Crippen molar-refractivity contribution in [3.63, 3.8) is 0 Å². The summed E-state index contributed by atoms with van der Waals surface area (Å²) in [6.07, 6.45) is 0.871. The third kappa shape index (κ3) is 5.35. The van der Waals surface area contributed by atoms with E-state index in [1.54, 1.807) is 24.3 Å². The molecule has 2 amide bonds. The Hall–Kier alpha value is -2.95. The van der Waals surface area contributed by atoms with Gasteiger partial charge in [0, 0.05) is 32.7 Å². The minimum Gasteiger partial charge on any atom is -0.357 e. The number of carbonyl (C=O) groups excluding carboxylic acids is 2. The highest BCUT2D eigenvalue weighted by atomic mass is 127. The van der Waals surface area contributed by atoms with E-state index in [1.807, 2.05) is 32.0 Å². The number of para-hydroxylation sites is 2. The van der Waals surface area contributed by atoms with Crippen LogP contribution in [0.5, 0.6) is 0 Å². The molecule has 8 nitrogen and oxygen atoms in total. The normalized spacial score (nSPS) is 13.3. The van der Waals surface area contributed by atoms with E-state index in [2.05, 4.69) is 31.2 Å². The molecule has 1 aromatic heterocycles. The Labute approximate surface area is 210 Å². The summed E-state index contributed by atoms with van der Waals surface area (Å²) in [6, 6.07) is 15.1. The molecule has 0 fully saturated rings. The second kappa shape index (κ2) is 11.3. The first-order valence-electron chi connectivity index (χ1n) is 11.0. The van der Waals surface area contributed by atoms with E-state index < -0.39 is 0 Å². The van der Waals surface area contributed by atoms with Gasteiger partial charge in [-0.05, 0) is 44.5 Å². The van der Waals surface area contributed by atoms with E-state index in [0.717, 1.165) is 36.4 Å². The highest BCUT2D eigenvalue weighted by molar-refractivity contribution is 14.0. The minimum absolute atomic E-state index is 0. The topological polar surface area (TPSA) is 91.6 Å². The third-order valence-corrected chi connectivity index (χ3v) is 5.51. The van der Waals surface area contributed by atoms with E-state index in [0.29, 0.717) is 30.2 Å². The van der Waals surface area contributed by atoms with Crippen molar-refractivity contribution in [1.82, 2.24) is 25.1 Å². The first-order valence-corrected chi connectivity index (χ1v) is 11.0. The van der Waals surface area contributed by atoms with E-state index in [4.69, 9.17) is 0 Å². The van der Waals surface area contributed by atoms with Crippen molar-refractivity contribution in [3.05, 3.63) is 65.5 Å². The standard InChI is InChI=1S/C24H28N6O2.HI/c1-3-25-24(26-13-8-15-29-17(2)28-20-11-6-7-12-21(20)29)27-14-16-30-22(31)18-9-4-5-10-19(18)23(30)32;/h4-7,9-12H,3,8,13-16H2,1-2H3,(H2,25,26,27);1H. The number of rotatable bonds is 8. The number of guanidine groups is 1. The van der Waals surface area contributed by atoms with E-state index >= 15 is 0 Å². The van der Waals surface area contributed by atoms with Crippen LogP contribution in [0, 0.1) is 6.92 Å². The van der Waals surface area contributed by atoms with Gasteiger partial charge >= 0.3 is 0 Å². The second-order valence-electron chi connectivity index (χ2n) is 7.65. The molecule has 1 aliphatic heterocycles. The first-order chi connectivity index (χ1) is 15.6. The van der Waals surface area contributed by atoms with Crippen LogP contribution in [0.1, 0.15) is 39.9 Å². The molecule has 2 N–H and O–H groups in total. The van der Waals surface area contributed by atoms with Crippen molar-refractivity contribution in [3.8, 4) is 0 Å². The van der Waals surface area contributed by atoms with Gasteiger partial charge in [0.2, 0.25) is 0 Å². The maximum atomic E-state index is 12.5. The smallest absolute Gasteiger partial charge is 0.261 e. The number of amides is 2. The van der Waals surface area contributed by atoms with Crippen molar-refractivity contribution in [1.29, 1.82) is 0 Å². The lowest BCUT2D eigenvalue weighted by Gasteiger charge is -2.16. The largest absolute Gasteiger partial charge is 0.357 e. The molecule has 0 radical (unpaired) electrons. The predicted octanol–water partition coefficient (Wildman–Crippen LogP) is 3.20. The number of benzene rings is 2. The average Bonchev–Trinajstić information content (AvgIpc) is 3.25. The number of fused-ring (bicyclic) bond motifs is 2. The Balaban J connectivity index is 0.00000306. The average molecular weight is 560 g/mol. The van der Waals surface area contributed by atoms with Gasteiger partial charge in [-0.3, -0.25) is 19.5 Å². The number of imide groups is 1. The van der Waals surface area contributed by atoms with Crippen LogP contribution in [0.2, 0.25) is 0 Å². The number of nitrogens with one attached hydrogen (secondary N) is 2. The zero-order valence-electron chi connectivity index (χ0n) is 18.9. The summed E-state index contributed by atoms with van der Waals surface area (Å²) < 4.78 is 2.22. The molecule has 4 rings (SSSR count). The summed E-state index contributed by atoms with van der Waals surface area (Å²) in [7, 11) is 0. The molecular weight excluding hydrogens is 531 g/mol. The second-order valence-corrected chi connectivity index (χ2v) is 7.65. The van der Waals surface area contributed by atoms with Crippen LogP contribution < -0.4 is 10.6 Å². The minimum atomic E-state index is -0.239. The van der Waals surface area contributed by atoms with Gasteiger partial charge in [-0.15, -0.1) is 24.0 Å². The molecule has 174 valence electrons. The van der Waals surface area contributed by atoms with Crippen LogP contribution in [0.3, 0.4) is 0 Å². The first kappa shape index (κ1) is 24.7. The summed E-state index contributed by atoms with van der Waals surface area (Å²) in [4.78, 5) is 35.5. The van der Waals surface area contributed by atoms with Crippen molar-refractivity contribution in [2.24, 2.45) is 4.99 Å². The fourth-order valence-electron chi connectivity index (χ4n) is 3.97. The highest BCUT2D eigenvalue weighted by Crippen LogP contribution is 2.21. The highest BCUT2D eigenvalue weighted by Gasteiger charge is 2.34. The quantitative estimate of drug-likeness (QED) is 0.145. The monoisotopic (exact) mass is 560 g/mol. The fourth-order valence-corrected chi connectivity index (χ4v) is 3.97. The number of aliphatic imine (C=N–C) groups is 1. The fraction of sp³-hybridized carbons (Fsp3) is 0.333. The van der Waals surface area contributed by atoms with Crippen molar-refractivity contribution in [2.75, 3.05) is 26.2 Å². The Morgan fingerprint density at radius 2 is 1.64 bits per heavy atom. The summed E-state index contributed by atoms with van der Waals surface area (Å²) in [5, 5.41) is 6.44. The Morgan fingerprint density at radius 3 is 2.33 bits per heavy atom. The van der Waals surface area contributed by atoms with Crippen LogP contribution in [0.25, 0.3) is 11.0 Å². The van der Waals surface area contributed by atoms with Crippen molar-refractivity contribution in [2.45, 2.75) is 26.8 Å². The van der Waals surface area contributed by atoms with Gasteiger partial charge in [0.05, 0.1) is 22.2 Å². The lowest BCUT2D eigenvalue weighted by molar-refractivity contribution is 0.0657. The third-order valence-electron chi connectivity index (χ3n) is 5.51. The van der Waals surface area contributed by atoms with Gasteiger partial charge < -0.3 is 15.2 Å². The molecule has 0 saturated carbocycles. The van der Waals surface area contributed by atoms with Crippen molar-refractivity contribution < 1.29 is 9.59 Å². The molecule has 2 heterocycles. The molecule has 9 heteroatoms. The number of halogens is 1. The predicted molar refractivity (Wildman–Crippen MR) is 140 cm³/mol. The number of hydrogen-bond acceptors (Lipinski definition) is 4.